The van der Waals surface area contributed by atoms with Crippen LogP contribution in [0.15, 0.2) is 30.6 Å². The third kappa shape index (κ3) is 3.12. The average Bonchev–Trinajstić information content (AvgIpc) is 2.94. The van der Waals surface area contributed by atoms with Crippen LogP contribution in [0.5, 0.6) is 0 Å². The Bertz CT molecular complexity index is 629. The van der Waals surface area contributed by atoms with Gasteiger partial charge < -0.3 is 9.88 Å². The summed E-state index contributed by atoms with van der Waals surface area (Å²) in [6.07, 6.45) is 7.27. The summed E-state index contributed by atoms with van der Waals surface area (Å²) in [7, 11) is 1.91. The minimum atomic E-state index is 0.143. The molecule has 0 radical (unpaired) electrons. The van der Waals surface area contributed by atoms with Gasteiger partial charge in [-0.1, -0.05) is 31.4 Å². The molecule has 0 saturated heterocycles. The quantitative estimate of drug-likeness (QED) is 0.942. The van der Waals surface area contributed by atoms with Crippen LogP contribution in [0.2, 0.25) is 0 Å². The second kappa shape index (κ2) is 6.08. The van der Waals surface area contributed by atoms with Crippen molar-refractivity contribution in [2.75, 3.05) is 5.32 Å². The lowest BCUT2D eigenvalue weighted by molar-refractivity contribution is -0.120. The zero-order valence-electron chi connectivity index (χ0n) is 12.2. The Morgan fingerprint density at radius 1 is 1.29 bits per heavy atom. The number of carbonyl (C=O) groups excluding carboxylic acids is 1. The van der Waals surface area contributed by atoms with Crippen molar-refractivity contribution in [3.8, 4) is 11.4 Å². The van der Waals surface area contributed by atoms with E-state index in [1.165, 1.54) is 6.42 Å². The lowest BCUT2D eigenvalue weighted by Crippen LogP contribution is -2.24. The Hall–Kier alpha value is -2.17. The van der Waals surface area contributed by atoms with Gasteiger partial charge in [0.15, 0.2) is 5.82 Å². The van der Waals surface area contributed by atoms with Crippen molar-refractivity contribution in [1.29, 1.82) is 0 Å². The van der Waals surface area contributed by atoms with Crippen LogP contribution < -0.4 is 5.32 Å². The maximum Gasteiger partial charge on any atom is 0.227 e. The van der Waals surface area contributed by atoms with Crippen molar-refractivity contribution in [2.45, 2.75) is 32.1 Å². The predicted molar refractivity (Wildman–Crippen MR) is 81.6 cm³/mol. The van der Waals surface area contributed by atoms with E-state index in [4.69, 9.17) is 0 Å². The molecule has 0 unspecified atom stereocenters. The van der Waals surface area contributed by atoms with Crippen molar-refractivity contribution in [3.63, 3.8) is 0 Å². The van der Waals surface area contributed by atoms with Gasteiger partial charge in [-0.3, -0.25) is 4.79 Å². The van der Waals surface area contributed by atoms with Crippen molar-refractivity contribution in [3.05, 3.63) is 30.6 Å². The van der Waals surface area contributed by atoms with Gasteiger partial charge in [0.1, 0.15) is 6.33 Å². The van der Waals surface area contributed by atoms with Gasteiger partial charge in [-0.05, 0) is 25.0 Å². The molecule has 1 aromatic carbocycles. The molecule has 3 rings (SSSR count). The first-order chi connectivity index (χ1) is 10.2. The van der Waals surface area contributed by atoms with E-state index < -0.39 is 0 Å². The molecule has 5 heteroatoms. The van der Waals surface area contributed by atoms with Crippen LogP contribution in [-0.2, 0) is 11.8 Å². The molecule has 0 atom stereocenters. The predicted octanol–water partition coefficient (Wildman–Crippen LogP) is 3.00. The fourth-order valence-electron chi connectivity index (χ4n) is 2.89. The molecule has 1 heterocycles. The Labute approximate surface area is 124 Å². The SMILES string of the molecule is Cn1cnnc1-c1cccc(NC(=O)C2CCCCC2)c1. The van der Waals surface area contributed by atoms with E-state index in [2.05, 4.69) is 15.5 Å². The number of anilines is 1. The number of benzene rings is 1. The summed E-state index contributed by atoms with van der Waals surface area (Å²) in [6.45, 7) is 0. The van der Waals surface area contributed by atoms with Gasteiger partial charge in [-0.25, -0.2) is 0 Å². The molecular formula is C16H20N4O. The summed E-state index contributed by atoms with van der Waals surface area (Å²) in [5.74, 6) is 1.10. The molecule has 0 spiro atoms. The zero-order valence-corrected chi connectivity index (χ0v) is 12.2. The molecule has 5 nitrogen and oxygen atoms in total. The van der Waals surface area contributed by atoms with Gasteiger partial charge in [-0.2, -0.15) is 0 Å². The maximum atomic E-state index is 12.3. The van der Waals surface area contributed by atoms with Gasteiger partial charge in [0.05, 0.1) is 0 Å². The van der Waals surface area contributed by atoms with E-state index in [1.54, 1.807) is 6.33 Å². The summed E-state index contributed by atoms with van der Waals surface area (Å²) in [5.41, 5.74) is 1.78. The molecule has 1 aromatic heterocycles. The van der Waals surface area contributed by atoms with Crippen molar-refractivity contribution in [2.24, 2.45) is 13.0 Å². The number of carbonyl (C=O) groups is 1. The van der Waals surface area contributed by atoms with Crippen molar-refractivity contribution in [1.82, 2.24) is 14.8 Å². The second-order valence-corrected chi connectivity index (χ2v) is 5.67. The van der Waals surface area contributed by atoms with E-state index in [0.29, 0.717) is 0 Å². The third-order valence-electron chi connectivity index (χ3n) is 4.08. The summed E-state index contributed by atoms with van der Waals surface area (Å²) in [6, 6.07) is 7.77. The van der Waals surface area contributed by atoms with E-state index in [-0.39, 0.29) is 11.8 Å². The zero-order chi connectivity index (χ0) is 14.7. The molecule has 1 fully saturated rings. The van der Waals surface area contributed by atoms with Gasteiger partial charge in [0.2, 0.25) is 5.91 Å². The van der Waals surface area contributed by atoms with Gasteiger partial charge in [0, 0.05) is 24.2 Å². The number of aromatic nitrogens is 3. The standard InChI is InChI=1S/C16H20N4O/c1-20-11-17-19-15(20)13-8-5-9-14(10-13)18-16(21)12-6-3-2-4-7-12/h5,8-12H,2-4,6-7H2,1H3,(H,18,21). The maximum absolute atomic E-state index is 12.3. The van der Waals surface area contributed by atoms with Crippen LogP contribution in [0.1, 0.15) is 32.1 Å². The molecule has 1 N–H and O–H groups in total. The molecule has 1 aliphatic rings. The van der Waals surface area contributed by atoms with E-state index in [9.17, 15) is 4.79 Å². The fraction of sp³-hybridized carbons (Fsp3) is 0.438. The molecule has 0 aliphatic heterocycles. The number of hydrogen-bond donors (Lipinski definition) is 1. The minimum Gasteiger partial charge on any atom is -0.326 e. The highest BCUT2D eigenvalue weighted by molar-refractivity contribution is 5.93. The highest BCUT2D eigenvalue weighted by Gasteiger charge is 2.21. The number of rotatable bonds is 3. The smallest absolute Gasteiger partial charge is 0.227 e. The highest BCUT2D eigenvalue weighted by atomic mass is 16.1. The van der Waals surface area contributed by atoms with Crippen LogP contribution in [-0.4, -0.2) is 20.7 Å². The van der Waals surface area contributed by atoms with Crippen LogP contribution >= 0.6 is 0 Å². The largest absolute Gasteiger partial charge is 0.326 e. The van der Waals surface area contributed by atoms with Crippen LogP contribution in [0, 0.1) is 5.92 Å². The number of nitrogens with one attached hydrogen (secondary N) is 1. The van der Waals surface area contributed by atoms with Gasteiger partial charge in [-0.15, -0.1) is 10.2 Å². The lowest BCUT2D eigenvalue weighted by atomic mass is 9.88. The minimum absolute atomic E-state index is 0.143. The summed E-state index contributed by atoms with van der Waals surface area (Å²) in [5, 5.41) is 11.0. The molecule has 1 aliphatic carbocycles. The van der Waals surface area contributed by atoms with Gasteiger partial charge >= 0.3 is 0 Å². The number of amides is 1. The van der Waals surface area contributed by atoms with Crippen LogP contribution in [0.3, 0.4) is 0 Å². The summed E-state index contributed by atoms with van der Waals surface area (Å²) in [4.78, 5) is 12.3. The second-order valence-electron chi connectivity index (χ2n) is 5.67. The molecular weight excluding hydrogens is 264 g/mol. The normalized spacial score (nSPS) is 15.9. The monoisotopic (exact) mass is 284 g/mol. The van der Waals surface area contributed by atoms with Gasteiger partial charge in [0.25, 0.3) is 0 Å². The molecule has 2 aromatic rings. The lowest BCUT2D eigenvalue weighted by Gasteiger charge is -2.20. The van der Waals surface area contributed by atoms with Crippen molar-refractivity contribution < 1.29 is 4.79 Å². The summed E-state index contributed by atoms with van der Waals surface area (Å²) >= 11 is 0. The topological polar surface area (TPSA) is 59.8 Å². The Kier molecular flexibility index (Phi) is 3.99. The van der Waals surface area contributed by atoms with E-state index in [1.807, 2.05) is 35.9 Å². The molecule has 110 valence electrons. The van der Waals surface area contributed by atoms with E-state index in [0.717, 1.165) is 42.8 Å². The highest BCUT2D eigenvalue weighted by Crippen LogP contribution is 2.26. The van der Waals surface area contributed by atoms with Crippen LogP contribution in [0.25, 0.3) is 11.4 Å². The number of nitrogens with zero attached hydrogens (tertiary/aromatic N) is 3. The third-order valence-corrected chi connectivity index (χ3v) is 4.08. The number of hydrogen-bond acceptors (Lipinski definition) is 3. The van der Waals surface area contributed by atoms with Crippen molar-refractivity contribution >= 4 is 11.6 Å². The first-order valence-corrected chi connectivity index (χ1v) is 7.49. The molecule has 1 saturated carbocycles. The number of aryl methyl sites for hydroxylation is 1. The van der Waals surface area contributed by atoms with Crippen LogP contribution in [0.4, 0.5) is 5.69 Å². The first-order valence-electron chi connectivity index (χ1n) is 7.49. The first kappa shape index (κ1) is 13.8. The Morgan fingerprint density at radius 2 is 2.10 bits per heavy atom. The Morgan fingerprint density at radius 3 is 2.81 bits per heavy atom. The molecule has 0 bridgehead atoms. The fourth-order valence-corrected chi connectivity index (χ4v) is 2.89. The average molecular weight is 284 g/mol. The summed E-state index contributed by atoms with van der Waals surface area (Å²) < 4.78 is 1.86. The molecule has 21 heavy (non-hydrogen) atoms. The Balaban J connectivity index is 1.74. The molecule has 1 amide bonds. The van der Waals surface area contributed by atoms with E-state index >= 15 is 0 Å².